The van der Waals surface area contributed by atoms with Crippen LogP contribution in [-0.2, 0) is 6.54 Å². The van der Waals surface area contributed by atoms with Crippen molar-refractivity contribution in [3.63, 3.8) is 0 Å². The maximum atomic E-state index is 9.61. The van der Waals surface area contributed by atoms with Gasteiger partial charge < -0.3 is 25.2 Å². The van der Waals surface area contributed by atoms with Crippen LogP contribution in [-0.4, -0.2) is 49.7 Å². The van der Waals surface area contributed by atoms with E-state index >= 15 is 0 Å². The Labute approximate surface area is 192 Å². The molecule has 2 heterocycles. The minimum Gasteiger partial charge on any atom is -0.394 e. The molecule has 0 bridgehead atoms. The summed E-state index contributed by atoms with van der Waals surface area (Å²) in [5.74, 6) is 2.71. The molecule has 32 heavy (non-hydrogen) atoms. The van der Waals surface area contributed by atoms with E-state index in [-0.39, 0.29) is 12.6 Å². The van der Waals surface area contributed by atoms with Gasteiger partial charge in [0.15, 0.2) is 0 Å². The molecule has 7 nitrogen and oxygen atoms in total. The van der Waals surface area contributed by atoms with E-state index in [1.165, 1.54) is 0 Å². The van der Waals surface area contributed by atoms with E-state index in [0.29, 0.717) is 18.3 Å². The Hall–Kier alpha value is -3.23. The van der Waals surface area contributed by atoms with Crippen LogP contribution in [0.15, 0.2) is 84.7 Å². The first-order valence-corrected chi connectivity index (χ1v) is 11.7. The zero-order chi connectivity index (χ0) is 22.3. The van der Waals surface area contributed by atoms with E-state index in [4.69, 9.17) is 5.41 Å². The summed E-state index contributed by atoms with van der Waals surface area (Å²) in [7, 11) is 0. The highest BCUT2D eigenvalue weighted by Gasteiger charge is 2.27. The maximum Gasteiger partial charge on any atom is 0.129 e. The average molecular weight is 449 g/mol. The van der Waals surface area contributed by atoms with Crippen molar-refractivity contribution in [1.29, 1.82) is 5.41 Å². The van der Waals surface area contributed by atoms with Crippen molar-refractivity contribution in [3.8, 4) is 5.69 Å². The first-order valence-electron chi connectivity index (χ1n) is 10.6. The zero-order valence-electron chi connectivity index (χ0n) is 18.0. The number of hydrogen-bond donors (Lipinski definition) is 4. The molecule has 1 atom stereocenters. The molecular formula is C24H28N6OS. The molecule has 0 aliphatic carbocycles. The number of benzene rings is 2. The van der Waals surface area contributed by atoms with E-state index in [2.05, 4.69) is 39.9 Å². The maximum absolute atomic E-state index is 9.61. The van der Waals surface area contributed by atoms with Crippen LogP contribution in [0.5, 0.6) is 0 Å². The third-order valence-corrected chi connectivity index (χ3v) is 6.35. The van der Waals surface area contributed by atoms with E-state index < -0.39 is 0 Å². The third kappa shape index (κ3) is 5.15. The standard InChI is InChI=1S/C24H28N6OS/c1-18(14-31)30-17-32-15-22(23(30)25)24(28-20-5-3-2-4-6-20)27-13-19-7-9-21(10-8-19)29-12-11-26-16-29/h2-12,16,18,25,27-28,31H,13-15,17H2,1H3/b24-22+,25-23?. The topological polar surface area (TPSA) is 89.2 Å². The quantitative estimate of drug-likeness (QED) is 0.421. The fourth-order valence-corrected chi connectivity index (χ4v) is 4.63. The lowest BCUT2D eigenvalue weighted by molar-refractivity contribution is 0.204. The number of amidine groups is 1. The molecule has 1 aliphatic heterocycles. The molecule has 0 radical (unpaired) electrons. The minimum atomic E-state index is -0.0982. The summed E-state index contributed by atoms with van der Waals surface area (Å²) in [4.78, 5) is 6.04. The minimum absolute atomic E-state index is 0.0222. The van der Waals surface area contributed by atoms with Gasteiger partial charge in [-0.1, -0.05) is 30.3 Å². The summed E-state index contributed by atoms with van der Waals surface area (Å²) in [5, 5.41) is 25.4. The van der Waals surface area contributed by atoms with Crippen molar-refractivity contribution in [3.05, 3.63) is 90.3 Å². The molecule has 0 amide bonds. The van der Waals surface area contributed by atoms with Crippen molar-refractivity contribution < 1.29 is 5.11 Å². The largest absolute Gasteiger partial charge is 0.394 e. The summed E-state index contributed by atoms with van der Waals surface area (Å²) in [6, 6.07) is 18.2. The monoisotopic (exact) mass is 448 g/mol. The highest BCUT2D eigenvalue weighted by molar-refractivity contribution is 7.99. The van der Waals surface area contributed by atoms with Crippen molar-refractivity contribution in [2.45, 2.75) is 19.5 Å². The summed E-state index contributed by atoms with van der Waals surface area (Å²) in [6.45, 7) is 2.59. The lowest BCUT2D eigenvalue weighted by Crippen LogP contribution is -2.45. The number of nitrogens with zero attached hydrogens (tertiary/aromatic N) is 3. The van der Waals surface area contributed by atoms with E-state index in [1.54, 1.807) is 24.3 Å². The number of rotatable bonds is 8. The number of hydrogen-bond acceptors (Lipinski definition) is 6. The van der Waals surface area contributed by atoms with Gasteiger partial charge in [0.1, 0.15) is 11.7 Å². The van der Waals surface area contributed by atoms with Gasteiger partial charge in [0.05, 0.1) is 24.9 Å². The molecule has 8 heteroatoms. The van der Waals surface area contributed by atoms with Gasteiger partial charge >= 0.3 is 0 Å². The number of imidazole rings is 1. The molecule has 3 aromatic rings. The van der Waals surface area contributed by atoms with Crippen LogP contribution in [0.4, 0.5) is 5.69 Å². The van der Waals surface area contributed by atoms with Crippen LogP contribution in [0.3, 0.4) is 0 Å². The van der Waals surface area contributed by atoms with E-state index in [1.807, 2.05) is 52.9 Å². The second-order valence-corrected chi connectivity index (χ2v) is 8.62. The molecule has 0 spiro atoms. The molecule has 166 valence electrons. The lowest BCUT2D eigenvalue weighted by atomic mass is 10.1. The van der Waals surface area contributed by atoms with E-state index in [9.17, 15) is 5.11 Å². The summed E-state index contributed by atoms with van der Waals surface area (Å²) in [6.07, 6.45) is 5.47. The fourth-order valence-electron chi connectivity index (χ4n) is 3.47. The Balaban J connectivity index is 1.55. The molecule has 4 N–H and O–H groups in total. The zero-order valence-corrected chi connectivity index (χ0v) is 18.8. The molecule has 1 aromatic heterocycles. The Morgan fingerprint density at radius 1 is 1.19 bits per heavy atom. The van der Waals surface area contributed by atoms with Crippen LogP contribution in [0.25, 0.3) is 5.69 Å². The highest BCUT2D eigenvalue weighted by Crippen LogP contribution is 2.25. The molecule has 4 rings (SSSR count). The van der Waals surface area contributed by atoms with Crippen LogP contribution in [0, 0.1) is 5.41 Å². The Morgan fingerprint density at radius 3 is 2.66 bits per heavy atom. The second-order valence-electron chi connectivity index (χ2n) is 7.66. The fraction of sp³-hybridized carbons (Fsp3) is 0.250. The number of thioether (sulfide) groups is 1. The number of aromatic nitrogens is 2. The van der Waals surface area contributed by atoms with Crippen molar-refractivity contribution >= 4 is 23.3 Å². The SMILES string of the molecule is CC(CO)N1CSC/C(=C(/NCc2ccc(-n3ccnc3)cc2)Nc2ccccc2)C1=N. The van der Waals surface area contributed by atoms with Gasteiger partial charge in [0.25, 0.3) is 0 Å². The smallest absolute Gasteiger partial charge is 0.129 e. The van der Waals surface area contributed by atoms with Gasteiger partial charge in [-0.3, -0.25) is 5.41 Å². The summed E-state index contributed by atoms with van der Waals surface area (Å²) in [5.41, 5.74) is 4.06. The first kappa shape index (κ1) is 22.0. The third-order valence-electron chi connectivity index (χ3n) is 5.40. The average Bonchev–Trinajstić information content (AvgIpc) is 3.38. The Morgan fingerprint density at radius 2 is 1.97 bits per heavy atom. The van der Waals surface area contributed by atoms with Gasteiger partial charge in [0, 0.05) is 41.6 Å². The van der Waals surface area contributed by atoms with E-state index in [0.717, 1.165) is 34.1 Å². The number of anilines is 1. The number of aliphatic hydroxyl groups is 1. The Kier molecular flexibility index (Phi) is 7.14. The van der Waals surface area contributed by atoms with Gasteiger partial charge in [-0.15, -0.1) is 11.8 Å². The Bertz CT molecular complexity index is 1050. The van der Waals surface area contributed by atoms with Crippen molar-refractivity contribution in [1.82, 2.24) is 19.8 Å². The van der Waals surface area contributed by atoms with Crippen LogP contribution in [0.1, 0.15) is 12.5 Å². The number of nitrogens with one attached hydrogen (secondary N) is 3. The lowest BCUT2D eigenvalue weighted by Gasteiger charge is -2.36. The summed E-state index contributed by atoms with van der Waals surface area (Å²) < 4.78 is 1.97. The van der Waals surface area contributed by atoms with Crippen LogP contribution >= 0.6 is 11.8 Å². The molecule has 0 saturated carbocycles. The van der Waals surface area contributed by atoms with Crippen molar-refractivity contribution in [2.75, 3.05) is 23.6 Å². The first-order chi connectivity index (χ1) is 15.7. The molecule has 1 aliphatic rings. The van der Waals surface area contributed by atoms with Gasteiger partial charge in [-0.2, -0.15) is 0 Å². The van der Waals surface area contributed by atoms with Crippen LogP contribution < -0.4 is 10.6 Å². The van der Waals surface area contributed by atoms with Gasteiger partial charge in [0.2, 0.25) is 0 Å². The second kappa shape index (κ2) is 10.4. The normalized spacial score (nSPS) is 16.6. The number of para-hydroxylation sites is 1. The van der Waals surface area contributed by atoms with Gasteiger partial charge in [-0.05, 0) is 36.8 Å². The molecule has 1 fully saturated rings. The van der Waals surface area contributed by atoms with Gasteiger partial charge in [-0.25, -0.2) is 4.98 Å². The number of aliphatic hydroxyl groups excluding tert-OH is 1. The summed E-state index contributed by atoms with van der Waals surface area (Å²) >= 11 is 1.75. The predicted molar refractivity (Wildman–Crippen MR) is 131 cm³/mol. The molecular weight excluding hydrogens is 420 g/mol. The highest BCUT2D eigenvalue weighted by atomic mass is 32.2. The predicted octanol–water partition coefficient (Wildman–Crippen LogP) is 3.65. The van der Waals surface area contributed by atoms with Crippen molar-refractivity contribution in [2.24, 2.45) is 0 Å². The molecule has 2 aromatic carbocycles. The molecule has 1 saturated heterocycles. The molecule has 1 unspecified atom stereocenters. The van der Waals surface area contributed by atoms with Crippen LogP contribution in [0.2, 0.25) is 0 Å².